The van der Waals surface area contributed by atoms with Gasteiger partial charge in [0.2, 0.25) is 11.0 Å². The van der Waals surface area contributed by atoms with E-state index in [1.54, 1.807) is 13.2 Å². The van der Waals surface area contributed by atoms with E-state index in [9.17, 15) is 4.79 Å². The third-order valence-corrected chi connectivity index (χ3v) is 3.56. The van der Waals surface area contributed by atoms with Gasteiger partial charge in [-0.05, 0) is 6.42 Å². The fourth-order valence-electron chi connectivity index (χ4n) is 1.67. The molecule has 0 aromatic carbocycles. The molecule has 1 N–H and O–H groups in total. The number of hydrogen-bond acceptors (Lipinski definition) is 6. The van der Waals surface area contributed by atoms with Crippen molar-refractivity contribution in [3.63, 3.8) is 0 Å². The van der Waals surface area contributed by atoms with Crippen LogP contribution < -0.4 is 10.1 Å². The van der Waals surface area contributed by atoms with E-state index in [4.69, 9.17) is 4.74 Å². The molecule has 0 aliphatic heterocycles. The van der Waals surface area contributed by atoms with Crippen molar-refractivity contribution in [1.82, 2.24) is 20.0 Å². The monoisotopic (exact) mass is 295 g/mol. The number of nitrogens with one attached hydrogen (secondary N) is 1. The number of ether oxygens (including phenoxy) is 1. The highest BCUT2D eigenvalue weighted by Crippen LogP contribution is 2.20. The minimum atomic E-state index is -0.298. The lowest BCUT2D eigenvalue weighted by molar-refractivity contribution is 0.102. The van der Waals surface area contributed by atoms with E-state index in [1.807, 2.05) is 0 Å². The Morgan fingerprint density at radius 2 is 2.30 bits per heavy atom. The van der Waals surface area contributed by atoms with Gasteiger partial charge in [-0.15, -0.1) is 15.3 Å². The van der Waals surface area contributed by atoms with Crippen LogP contribution in [0.15, 0.2) is 6.20 Å². The number of carbonyl (C=O) groups excluding carboxylic acids is 1. The zero-order chi connectivity index (χ0) is 14.5. The summed E-state index contributed by atoms with van der Waals surface area (Å²) >= 11 is 1.39. The quantitative estimate of drug-likeness (QED) is 0.879. The topological polar surface area (TPSA) is 81.9 Å². The Labute approximate surface area is 121 Å². The molecule has 0 atom stereocenters. The maximum atomic E-state index is 12.1. The number of amides is 1. The van der Waals surface area contributed by atoms with Crippen LogP contribution in [0.3, 0.4) is 0 Å². The van der Waals surface area contributed by atoms with E-state index < -0.39 is 0 Å². The summed E-state index contributed by atoms with van der Waals surface area (Å²) in [5.41, 5.74) is 0.375. The molecule has 2 aromatic heterocycles. The summed E-state index contributed by atoms with van der Waals surface area (Å²) in [5, 5.41) is 16.2. The molecule has 0 radical (unpaired) electrons. The van der Waals surface area contributed by atoms with Crippen LogP contribution in [0.2, 0.25) is 0 Å². The smallest absolute Gasteiger partial charge is 0.264 e. The molecule has 0 bridgehead atoms. The van der Waals surface area contributed by atoms with Gasteiger partial charge in [0.05, 0.1) is 7.11 Å². The molecule has 2 heterocycles. The fraction of sp³-hybridized carbons (Fsp3) is 0.500. The van der Waals surface area contributed by atoms with E-state index in [0.717, 1.165) is 24.3 Å². The van der Waals surface area contributed by atoms with E-state index in [1.165, 1.54) is 23.1 Å². The highest BCUT2D eigenvalue weighted by Gasteiger charge is 2.18. The Hall–Kier alpha value is -1.96. The van der Waals surface area contributed by atoms with Crippen molar-refractivity contribution in [2.24, 2.45) is 7.05 Å². The van der Waals surface area contributed by atoms with Crippen molar-refractivity contribution in [3.05, 3.63) is 16.8 Å². The lowest BCUT2D eigenvalue weighted by atomic mass is 10.3. The largest absolute Gasteiger partial charge is 0.479 e. The summed E-state index contributed by atoms with van der Waals surface area (Å²) in [6, 6.07) is 0. The number of hydrogen-bond donors (Lipinski definition) is 1. The van der Waals surface area contributed by atoms with Crippen LogP contribution in [-0.2, 0) is 13.5 Å². The Kier molecular flexibility index (Phi) is 4.67. The molecule has 0 aliphatic rings. The Morgan fingerprint density at radius 3 is 3.00 bits per heavy atom. The number of methoxy groups -OCH3 is 1. The van der Waals surface area contributed by atoms with Gasteiger partial charge in [-0.3, -0.25) is 14.8 Å². The molecular weight excluding hydrogens is 278 g/mol. The molecule has 0 saturated heterocycles. The molecule has 0 spiro atoms. The van der Waals surface area contributed by atoms with Crippen molar-refractivity contribution in [2.45, 2.75) is 26.2 Å². The normalized spacial score (nSPS) is 10.6. The third-order valence-electron chi connectivity index (χ3n) is 2.66. The fourth-order valence-corrected chi connectivity index (χ4v) is 2.45. The lowest BCUT2D eigenvalue weighted by Crippen LogP contribution is -2.12. The standard InChI is InChI=1S/C12H17N5O2S/c1-4-5-6-9-14-15-12(20-9)13-10(18)8-7-17(2)16-11(8)19-3/h7H,4-6H2,1-3H3,(H,13,15,18). The Balaban J connectivity index is 2.05. The van der Waals surface area contributed by atoms with Gasteiger partial charge < -0.3 is 4.74 Å². The second kappa shape index (κ2) is 6.47. The molecule has 20 heavy (non-hydrogen) atoms. The van der Waals surface area contributed by atoms with E-state index in [-0.39, 0.29) is 5.91 Å². The van der Waals surface area contributed by atoms with Crippen molar-refractivity contribution < 1.29 is 9.53 Å². The zero-order valence-corrected chi connectivity index (χ0v) is 12.5. The minimum absolute atomic E-state index is 0.292. The highest BCUT2D eigenvalue weighted by atomic mass is 32.1. The molecule has 108 valence electrons. The number of anilines is 1. The first-order valence-electron chi connectivity index (χ1n) is 6.35. The molecule has 0 fully saturated rings. The van der Waals surface area contributed by atoms with Crippen molar-refractivity contribution >= 4 is 22.4 Å². The molecule has 0 unspecified atom stereocenters. The van der Waals surface area contributed by atoms with Gasteiger partial charge in [0, 0.05) is 19.7 Å². The van der Waals surface area contributed by atoms with Gasteiger partial charge in [-0.2, -0.15) is 0 Å². The second-order valence-corrected chi connectivity index (χ2v) is 5.35. The van der Waals surface area contributed by atoms with Gasteiger partial charge in [-0.25, -0.2) is 0 Å². The van der Waals surface area contributed by atoms with Crippen LogP contribution in [0.4, 0.5) is 5.13 Å². The van der Waals surface area contributed by atoms with Crippen LogP contribution in [0.1, 0.15) is 35.1 Å². The average molecular weight is 295 g/mol. The maximum absolute atomic E-state index is 12.1. The van der Waals surface area contributed by atoms with Gasteiger partial charge in [0.15, 0.2) is 0 Å². The summed E-state index contributed by atoms with van der Waals surface area (Å²) in [6.45, 7) is 2.12. The van der Waals surface area contributed by atoms with Gasteiger partial charge >= 0.3 is 0 Å². The van der Waals surface area contributed by atoms with E-state index in [2.05, 4.69) is 27.5 Å². The Morgan fingerprint density at radius 1 is 1.50 bits per heavy atom. The Bertz CT molecular complexity index is 592. The number of unbranched alkanes of at least 4 members (excludes halogenated alkanes) is 1. The second-order valence-electron chi connectivity index (χ2n) is 4.28. The van der Waals surface area contributed by atoms with Gasteiger partial charge in [0.25, 0.3) is 5.91 Å². The first-order valence-corrected chi connectivity index (χ1v) is 7.17. The van der Waals surface area contributed by atoms with Crippen LogP contribution in [-0.4, -0.2) is 33.0 Å². The molecule has 8 heteroatoms. The summed E-state index contributed by atoms with van der Waals surface area (Å²) in [4.78, 5) is 12.1. The first kappa shape index (κ1) is 14.4. The number of aryl methyl sites for hydroxylation is 2. The van der Waals surface area contributed by atoms with Crippen LogP contribution in [0.25, 0.3) is 0 Å². The van der Waals surface area contributed by atoms with Crippen LogP contribution in [0.5, 0.6) is 5.88 Å². The summed E-state index contributed by atoms with van der Waals surface area (Å²) in [7, 11) is 3.21. The van der Waals surface area contributed by atoms with Crippen molar-refractivity contribution in [1.29, 1.82) is 0 Å². The predicted molar refractivity (Wildman–Crippen MR) is 76.2 cm³/mol. The van der Waals surface area contributed by atoms with Crippen LogP contribution in [0, 0.1) is 0 Å². The number of nitrogens with zero attached hydrogens (tertiary/aromatic N) is 4. The highest BCUT2D eigenvalue weighted by molar-refractivity contribution is 7.15. The summed E-state index contributed by atoms with van der Waals surface area (Å²) < 4.78 is 6.59. The zero-order valence-electron chi connectivity index (χ0n) is 11.7. The number of carbonyl (C=O) groups is 1. The van der Waals surface area contributed by atoms with Gasteiger partial charge in [0.1, 0.15) is 10.6 Å². The minimum Gasteiger partial charge on any atom is -0.479 e. The molecule has 2 aromatic rings. The summed E-state index contributed by atoms with van der Waals surface area (Å²) in [5.74, 6) is -0.00568. The van der Waals surface area contributed by atoms with Crippen molar-refractivity contribution in [2.75, 3.05) is 12.4 Å². The number of aromatic nitrogens is 4. The molecule has 0 aliphatic carbocycles. The van der Waals surface area contributed by atoms with Gasteiger partial charge in [-0.1, -0.05) is 24.7 Å². The SMILES string of the molecule is CCCCc1nnc(NC(=O)c2cn(C)nc2OC)s1. The maximum Gasteiger partial charge on any atom is 0.264 e. The van der Waals surface area contributed by atoms with E-state index in [0.29, 0.717) is 16.6 Å². The van der Waals surface area contributed by atoms with E-state index >= 15 is 0 Å². The lowest BCUT2D eigenvalue weighted by Gasteiger charge is -1.99. The third kappa shape index (κ3) is 3.32. The molecule has 2 rings (SSSR count). The average Bonchev–Trinajstić information content (AvgIpc) is 3.02. The molecule has 0 saturated carbocycles. The van der Waals surface area contributed by atoms with Crippen LogP contribution >= 0.6 is 11.3 Å². The predicted octanol–water partition coefficient (Wildman–Crippen LogP) is 1.88. The first-order chi connectivity index (χ1) is 9.63. The van der Waals surface area contributed by atoms with Crippen molar-refractivity contribution in [3.8, 4) is 5.88 Å². The number of rotatable bonds is 6. The molecule has 7 nitrogen and oxygen atoms in total. The molecule has 1 amide bonds. The summed E-state index contributed by atoms with van der Waals surface area (Å²) in [6.07, 6.45) is 4.67. The molecular formula is C12H17N5O2S.